The molecule has 2 amide bonds. The molecule has 0 radical (unpaired) electrons. The molecule has 7 nitrogen and oxygen atoms in total. The zero-order valence-corrected chi connectivity index (χ0v) is 16.1. The molecule has 3 saturated heterocycles. The van der Waals surface area contributed by atoms with E-state index in [0.29, 0.717) is 31.2 Å². The summed E-state index contributed by atoms with van der Waals surface area (Å²) in [6.45, 7) is 2.29. The van der Waals surface area contributed by atoms with Gasteiger partial charge in [-0.3, -0.25) is 14.6 Å². The van der Waals surface area contributed by atoms with Crippen LogP contribution >= 0.6 is 0 Å². The molecule has 3 aliphatic rings. The molecule has 1 aromatic heterocycles. The molecule has 7 heteroatoms. The van der Waals surface area contributed by atoms with Crippen molar-refractivity contribution >= 4 is 17.5 Å². The van der Waals surface area contributed by atoms with Crippen molar-refractivity contribution in [3.05, 3.63) is 54.6 Å². The third-order valence-corrected chi connectivity index (χ3v) is 5.67. The lowest BCUT2D eigenvalue weighted by Gasteiger charge is -2.37. The van der Waals surface area contributed by atoms with Gasteiger partial charge in [-0.15, -0.1) is 0 Å². The maximum Gasteiger partial charge on any atom is 0.274 e. The Kier molecular flexibility index (Phi) is 5.23. The van der Waals surface area contributed by atoms with E-state index in [1.54, 1.807) is 6.20 Å². The number of aromatic nitrogens is 2. The van der Waals surface area contributed by atoms with Crippen molar-refractivity contribution in [3.8, 4) is 0 Å². The van der Waals surface area contributed by atoms with Crippen LogP contribution in [0, 0.1) is 5.92 Å². The lowest BCUT2D eigenvalue weighted by atomic mass is 9.95. The van der Waals surface area contributed by atoms with Gasteiger partial charge in [-0.05, 0) is 30.9 Å². The number of carbonyl (C=O) groups is 2. The molecule has 5 rings (SSSR count). The van der Waals surface area contributed by atoms with Crippen LogP contribution in [0.5, 0.6) is 0 Å². The highest BCUT2D eigenvalue weighted by Gasteiger charge is 2.39. The Bertz CT molecular complexity index is 829. The minimum absolute atomic E-state index is 0.0658. The second-order valence-electron chi connectivity index (χ2n) is 7.64. The summed E-state index contributed by atoms with van der Waals surface area (Å²) in [6.07, 6.45) is 6.59. The standard InChI is InChI=1S/C21H25N5O2/c1-24(17-5-3-2-4-6-17)15-20(27)26-13-16-7-8-18(26)14-25(12-16)21(28)19-11-22-9-10-23-19/h2-6,9-11,16,18H,7-8,12-15H2,1H3/t16-,18+/m0/s1. The van der Waals surface area contributed by atoms with Gasteiger partial charge in [0, 0.05) is 50.8 Å². The van der Waals surface area contributed by atoms with Crippen LogP contribution < -0.4 is 4.90 Å². The number of likely N-dealkylation sites (N-methyl/N-ethyl adjacent to an activating group) is 1. The Labute approximate surface area is 165 Å². The second kappa shape index (κ2) is 7.96. The van der Waals surface area contributed by atoms with Gasteiger partial charge >= 0.3 is 0 Å². The maximum absolute atomic E-state index is 13.0. The third-order valence-electron chi connectivity index (χ3n) is 5.67. The van der Waals surface area contributed by atoms with E-state index in [4.69, 9.17) is 0 Å². The fourth-order valence-corrected chi connectivity index (χ4v) is 4.19. The molecule has 0 spiro atoms. The average molecular weight is 379 g/mol. The highest BCUT2D eigenvalue weighted by atomic mass is 16.2. The molecule has 2 atom stereocenters. The van der Waals surface area contributed by atoms with E-state index in [-0.39, 0.29) is 17.9 Å². The van der Waals surface area contributed by atoms with E-state index in [9.17, 15) is 9.59 Å². The van der Waals surface area contributed by atoms with Gasteiger partial charge < -0.3 is 14.7 Å². The number of benzene rings is 1. The molecule has 3 fully saturated rings. The zero-order chi connectivity index (χ0) is 19.5. The molecular weight excluding hydrogens is 354 g/mol. The molecule has 0 N–H and O–H groups in total. The first kappa shape index (κ1) is 18.4. The summed E-state index contributed by atoms with van der Waals surface area (Å²) in [4.78, 5) is 39.8. The van der Waals surface area contributed by atoms with Crippen molar-refractivity contribution in [1.82, 2.24) is 19.8 Å². The van der Waals surface area contributed by atoms with Crippen LogP contribution in [0.2, 0.25) is 0 Å². The van der Waals surface area contributed by atoms with E-state index in [2.05, 4.69) is 9.97 Å². The van der Waals surface area contributed by atoms with Crippen molar-refractivity contribution in [2.45, 2.75) is 18.9 Å². The Morgan fingerprint density at radius 2 is 1.93 bits per heavy atom. The molecule has 0 unspecified atom stereocenters. The van der Waals surface area contributed by atoms with Gasteiger partial charge in [0.1, 0.15) is 5.69 Å². The number of nitrogens with zero attached hydrogens (tertiary/aromatic N) is 5. The number of amides is 2. The van der Waals surface area contributed by atoms with Gasteiger partial charge in [0.2, 0.25) is 5.91 Å². The first-order valence-corrected chi connectivity index (χ1v) is 9.73. The molecule has 2 bridgehead atoms. The van der Waals surface area contributed by atoms with Gasteiger partial charge in [0.05, 0.1) is 12.7 Å². The van der Waals surface area contributed by atoms with Crippen molar-refractivity contribution in [2.24, 2.45) is 5.92 Å². The zero-order valence-electron chi connectivity index (χ0n) is 16.1. The normalized spacial score (nSPS) is 21.3. The number of hydrogen-bond acceptors (Lipinski definition) is 5. The predicted molar refractivity (Wildman–Crippen MR) is 106 cm³/mol. The number of para-hydroxylation sites is 1. The molecule has 28 heavy (non-hydrogen) atoms. The average Bonchev–Trinajstić information content (AvgIpc) is 3.06. The van der Waals surface area contributed by atoms with E-state index in [0.717, 1.165) is 25.1 Å². The van der Waals surface area contributed by atoms with Gasteiger partial charge in [-0.2, -0.15) is 0 Å². The van der Waals surface area contributed by atoms with Gasteiger partial charge in [0.15, 0.2) is 0 Å². The minimum atomic E-state index is -0.0966. The fraction of sp³-hybridized carbons (Fsp3) is 0.429. The lowest BCUT2D eigenvalue weighted by Crippen LogP contribution is -2.50. The Morgan fingerprint density at radius 1 is 1.11 bits per heavy atom. The Hall–Kier alpha value is -2.96. The largest absolute Gasteiger partial charge is 0.365 e. The van der Waals surface area contributed by atoms with Crippen LogP contribution in [0.4, 0.5) is 5.69 Å². The van der Waals surface area contributed by atoms with Crippen LogP contribution in [0.25, 0.3) is 0 Å². The van der Waals surface area contributed by atoms with E-state index in [1.165, 1.54) is 12.4 Å². The predicted octanol–water partition coefficient (Wildman–Crippen LogP) is 1.68. The molecular formula is C21H25N5O2. The molecule has 146 valence electrons. The summed E-state index contributed by atoms with van der Waals surface area (Å²) in [7, 11) is 1.94. The number of rotatable bonds is 4. The van der Waals surface area contributed by atoms with Gasteiger partial charge in [-0.1, -0.05) is 18.2 Å². The molecule has 0 aliphatic carbocycles. The van der Waals surface area contributed by atoms with E-state index in [1.807, 2.05) is 52.1 Å². The summed E-state index contributed by atoms with van der Waals surface area (Å²) in [6, 6.07) is 9.98. The van der Waals surface area contributed by atoms with Gasteiger partial charge in [0.25, 0.3) is 5.91 Å². The summed E-state index contributed by atoms with van der Waals surface area (Å²) >= 11 is 0. The van der Waals surface area contributed by atoms with Crippen LogP contribution in [-0.2, 0) is 4.79 Å². The number of hydrogen-bond donors (Lipinski definition) is 0. The number of piperidine rings is 1. The van der Waals surface area contributed by atoms with Crippen molar-refractivity contribution in [2.75, 3.05) is 38.1 Å². The Balaban J connectivity index is 1.44. The van der Waals surface area contributed by atoms with Crippen molar-refractivity contribution < 1.29 is 9.59 Å². The number of anilines is 1. The smallest absolute Gasteiger partial charge is 0.274 e. The molecule has 4 heterocycles. The van der Waals surface area contributed by atoms with Crippen LogP contribution in [-0.4, -0.2) is 70.9 Å². The highest BCUT2D eigenvalue weighted by Crippen LogP contribution is 2.29. The summed E-state index contributed by atoms with van der Waals surface area (Å²) in [5.41, 5.74) is 1.39. The first-order valence-electron chi connectivity index (χ1n) is 9.73. The van der Waals surface area contributed by atoms with E-state index < -0.39 is 0 Å². The molecule has 3 aliphatic heterocycles. The van der Waals surface area contributed by atoms with Crippen molar-refractivity contribution in [1.29, 1.82) is 0 Å². The topological polar surface area (TPSA) is 69.6 Å². The molecule has 1 aromatic carbocycles. The van der Waals surface area contributed by atoms with Crippen LogP contribution in [0.1, 0.15) is 23.3 Å². The number of carbonyl (C=O) groups excluding carboxylic acids is 2. The first-order chi connectivity index (χ1) is 13.6. The SMILES string of the molecule is CN(CC(=O)N1C[C@H]2CC[C@@H]1CN(C(=O)c1cnccn1)C2)c1ccccc1. The highest BCUT2D eigenvalue weighted by molar-refractivity contribution is 5.92. The van der Waals surface area contributed by atoms with Crippen LogP contribution in [0.15, 0.2) is 48.9 Å². The third kappa shape index (κ3) is 3.83. The van der Waals surface area contributed by atoms with Crippen molar-refractivity contribution in [3.63, 3.8) is 0 Å². The summed E-state index contributed by atoms with van der Waals surface area (Å²) < 4.78 is 0. The molecule has 0 saturated carbocycles. The number of fused-ring (bicyclic) bond motifs is 4. The van der Waals surface area contributed by atoms with Gasteiger partial charge in [-0.25, -0.2) is 4.98 Å². The quantitative estimate of drug-likeness (QED) is 0.808. The lowest BCUT2D eigenvalue weighted by molar-refractivity contribution is -0.133. The van der Waals surface area contributed by atoms with E-state index >= 15 is 0 Å². The minimum Gasteiger partial charge on any atom is -0.365 e. The second-order valence-corrected chi connectivity index (χ2v) is 7.64. The molecule has 2 aromatic rings. The fourth-order valence-electron chi connectivity index (χ4n) is 4.19. The monoisotopic (exact) mass is 379 g/mol. The Morgan fingerprint density at radius 3 is 2.68 bits per heavy atom. The van der Waals surface area contributed by atoms with Crippen LogP contribution in [0.3, 0.4) is 0 Å². The summed E-state index contributed by atoms with van der Waals surface area (Å²) in [5, 5.41) is 0. The summed E-state index contributed by atoms with van der Waals surface area (Å²) in [5.74, 6) is 0.334. The maximum atomic E-state index is 13.0.